The minimum absolute atomic E-state index is 0.0912. The molecule has 5 heteroatoms. The molecule has 0 saturated heterocycles. The maximum absolute atomic E-state index is 12.4. The van der Waals surface area contributed by atoms with Crippen LogP contribution in [0.4, 0.5) is 5.69 Å². The van der Waals surface area contributed by atoms with Gasteiger partial charge in [0, 0.05) is 13.6 Å². The van der Waals surface area contributed by atoms with Crippen molar-refractivity contribution in [2.75, 3.05) is 18.9 Å². The Balaban J connectivity index is 2.05. The van der Waals surface area contributed by atoms with Crippen LogP contribution in [-0.4, -0.2) is 46.6 Å². The van der Waals surface area contributed by atoms with Gasteiger partial charge < -0.3 is 15.3 Å². The Morgan fingerprint density at radius 2 is 2.20 bits per heavy atom. The van der Waals surface area contributed by atoms with E-state index in [0.29, 0.717) is 5.69 Å². The number of aliphatic hydroxyl groups is 1. The fraction of sp³-hybridized carbons (Fsp3) is 0.600. The van der Waals surface area contributed by atoms with E-state index in [1.54, 1.807) is 24.2 Å². The van der Waals surface area contributed by atoms with Gasteiger partial charge in [0.1, 0.15) is 5.69 Å². The predicted octanol–water partition coefficient (Wildman–Crippen LogP) is 1.89. The first-order valence-electron chi connectivity index (χ1n) is 7.28. The number of nitrogens with zero attached hydrogens (tertiary/aromatic N) is 2. The number of anilines is 1. The van der Waals surface area contributed by atoms with Gasteiger partial charge in [-0.2, -0.15) is 0 Å². The number of aromatic nitrogens is 1. The summed E-state index contributed by atoms with van der Waals surface area (Å²) in [5.74, 6) is -0.126. The summed E-state index contributed by atoms with van der Waals surface area (Å²) < 4.78 is 0. The van der Waals surface area contributed by atoms with Gasteiger partial charge in [0.25, 0.3) is 5.91 Å². The molecule has 1 aromatic heterocycles. The molecule has 2 atom stereocenters. The molecule has 1 amide bonds. The molecule has 0 spiro atoms. The summed E-state index contributed by atoms with van der Waals surface area (Å²) in [5.41, 5.74) is 1.33. The second-order valence-corrected chi connectivity index (χ2v) is 5.30. The minimum Gasteiger partial charge on any atom is -0.391 e. The van der Waals surface area contributed by atoms with E-state index in [-0.39, 0.29) is 11.9 Å². The molecule has 2 unspecified atom stereocenters. The van der Waals surface area contributed by atoms with E-state index in [9.17, 15) is 9.90 Å². The Kier molecular flexibility index (Phi) is 4.95. The molecule has 1 heterocycles. The molecule has 1 saturated carbocycles. The average molecular weight is 277 g/mol. The van der Waals surface area contributed by atoms with Crippen molar-refractivity contribution in [2.45, 2.75) is 44.8 Å². The number of hydrogen-bond donors (Lipinski definition) is 2. The average Bonchev–Trinajstić information content (AvgIpc) is 2.47. The summed E-state index contributed by atoms with van der Waals surface area (Å²) in [6.45, 7) is 2.83. The third-order valence-electron chi connectivity index (χ3n) is 3.88. The molecule has 5 nitrogen and oxygen atoms in total. The van der Waals surface area contributed by atoms with Crippen molar-refractivity contribution in [3.8, 4) is 0 Å². The lowest BCUT2D eigenvalue weighted by atomic mass is 9.91. The molecule has 1 aromatic rings. The van der Waals surface area contributed by atoms with E-state index in [2.05, 4.69) is 10.3 Å². The van der Waals surface area contributed by atoms with E-state index in [4.69, 9.17) is 0 Å². The van der Waals surface area contributed by atoms with Crippen molar-refractivity contribution < 1.29 is 9.90 Å². The molecule has 2 rings (SSSR count). The van der Waals surface area contributed by atoms with Gasteiger partial charge in [-0.1, -0.05) is 12.8 Å². The topological polar surface area (TPSA) is 65.5 Å². The number of aliphatic hydroxyl groups excluding tert-OH is 1. The molecule has 1 aliphatic rings. The van der Waals surface area contributed by atoms with Gasteiger partial charge in [0.2, 0.25) is 0 Å². The van der Waals surface area contributed by atoms with Crippen molar-refractivity contribution in [1.29, 1.82) is 0 Å². The fourth-order valence-corrected chi connectivity index (χ4v) is 2.70. The Hall–Kier alpha value is -1.62. The van der Waals surface area contributed by atoms with Crippen molar-refractivity contribution >= 4 is 11.6 Å². The quantitative estimate of drug-likeness (QED) is 0.882. The number of amides is 1. The number of carbonyl (C=O) groups excluding carboxylic acids is 1. The zero-order valence-corrected chi connectivity index (χ0v) is 12.2. The van der Waals surface area contributed by atoms with Crippen LogP contribution >= 0.6 is 0 Å². The van der Waals surface area contributed by atoms with Crippen LogP contribution in [0.5, 0.6) is 0 Å². The summed E-state index contributed by atoms with van der Waals surface area (Å²) in [6.07, 6.45) is 4.98. The molecule has 1 fully saturated rings. The first-order valence-corrected chi connectivity index (χ1v) is 7.28. The van der Waals surface area contributed by atoms with Gasteiger partial charge in [0.15, 0.2) is 0 Å². The van der Waals surface area contributed by atoms with E-state index in [0.717, 1.165) is 37.9 Å². The lowest BCUT2D eigenvalue weighted by Gasteiger charge is -2.35. The van der Waals surface area contributed by atoms with Crippen LogP contribution in [0.2, 0.25) is 0 Å². The molecule has 1 aliphatic carbocycles. The Bertz CT molecular complexity index is 447. The molecule has 2 N–H and O–H groups in total. The van der Waals surface area contributed by atoms with Crippen LogP contribution in [0.25, 0.3) is 0 Å². The number of rotatable bonds is 4. The van der Waals surface area contributed by atoms with Crippen molar-refractivity contribution in [1.82, 2.24) is 9.88 Å². The molecular weight excluding hydrogens is 254 g/mol. The minimum atomic E-state index is -0.418. The monoisotopic (exact) mass is 277 g/mol. The molecule has 0 aliphatic heterocycles. The fourth-order valence-electron chi connectivity index (χ4n) is 2.70. The van der Waals surface area contributed by atoms with Crippen LogP contribution in [0.1, 0.15) is 43.1 Å². The normalized spacial score (nSPS) is 22.4. The zero-order valence-electron chi connectivity index (χ0n) is 12.2. The second kappa shape index (κ2) is 6.70. The highest BCUT2D eigenvalue weighted by atomic mass is 16.3. The van der Waals surface area contributed by atoms with Crippen LogP contribution in [0, 0.1) is 0 Å². The van der Waals surface area contributed by atoms with Crippen LogP contribution in [0.15, 0.2) is 18.3 Å². The number of nitrogens with one attached hydrogen (secondary N) is 1. The van der Waals surface area contributed by atoms with Gasteiger partial charge in [0.05, 0.1) is 24.0 Å². The first-order chi connectivity index (χ1) is 9.63. The highest BCUT2D eigenvalue weighted by Crippen LogP contribution is 2.23. The van der Waals surface area contributed by atoms with Gasteiger partial charge >= 0.3 is 0 Å². The third kappa shape index (κ3) is 3.28. The predicted molar refractivity (Wildman–Crippen MR) is 78.8 cm³/mol. The summed E-state index contributed by atoms with van der Waals surface area (Å²) in [4.78, 5) is 18.2. The lowest BCUT2D eigenvalue weighted by molar-refractivity contribution is 0.0264. The first kappa shape index (κ1) is 14.8. The van der Waals surface area contributed by atoms with Crippen LogP contribution in [0.3, 0.4) is 0 Å². The van der Waals surface area contributed by atoms with Crippen molar-refractivity contribution in [3.05, 3.63) is 24.0 Å². The SMILES string of the molecule is CCNc1ccc(C(=O)N(C)C2CCCCC2O)nc1. The molecule has 0 bridgehead atoms. The summed E-state index contributed by atoms with van der Waals surface area (Å²) in [5, 5.41) is 13.2. The molecule has 110 valence electrons. The Morgan fingerprint density at radius 3 is 2.80 bits per heavy atom. The maximum atomic E-state index is 12.4. The Labute approximate surface area is 120 Å². The van der Waals surface area contributed by atoms with Crippen LogP contribution in [-0.2, 0) is 0 Å². The van der Waals surface area contributed by atoms with Gasteiger partial charge in [-0.15, -0.1) is 0 Å². The van der Waals surface area contributed by atoms with E-state index < -0.39 is 6.10 Å². The summed E-state index contributed by atoms with van der Waals surface area (Å²) >= 11 is 0. The molecule has 0 aromatic carbocycles. The standard InChI is InChI=1S/C15H23N3O2/c1-3-16-11-8-9-12(17-10-11)15(20)18(2)13-6-4-5-7-14(13)19/h8-10,13-14,16,19H,3-7H2,1-2H3. The number of hydrogen-bond acceptors (Lipinski definition) is 4. The number of carbonyl (C=O) groups is 1. The van der Waals surface area contributed by atoms with Crippen molar-refractivity contribution in [3.63, 3.8) is 0 Å². The van der Waals surface area contributed by atoms with Gasteiger partial charge in [-0.3, -0.25) is 4.79 Å². The number of pyridine rings is 1. The zero-order chi connectivity index (χ0) is 14.5. The van der Waals surface area contributed by atoms with E-state index in [1.807, 2.05) is 13.0 Å². The Morgan fingerprint density at radius 1 is 1.45 bits per heavy atom. The van der Waals surface area contributed by atoms with Gasteiger partial charge in [-0.05, 0) is 31.9 Å². The largest absolute Gasteiger partial charge is 0.391 e. The molecule has 0 radical (unpaired) electrons. The van der Waals surface area contributed by atoms with E-state index in [1.165, 1.54) is 0 Å². The lowest BCUT2D eigenvalue weighted by Crippen LogP contribution is -2.46. The third-order valence-corrected chi connectivity index (χ3v) is 3.88. The van der Waals surface area contributed by atoms with E-state index >= 15 is 0 Å². The van der Waals surface area contributed by atoms with Crippen LogP contribution < -0.4 is 5.32 Å². The second-order valence-electron chi connectivity index (χ2n) is 5.30. The summed E-state index contributed by atoms with van der Waals surface area (Å²) in [6, 6.07) is 3.49. The summed E-state index contributed by atoms with van der Waals surface area (Å²) in [7, 11) is 1.75. The molecule has 20 heavy (non-hydrogen) atoms. The maximum Gasteiger partial charge on any atom is 0.272 e. The number of likely N-dealkylation sites (N-methyl/N-ethyl adjacent to an activating group) is 1. The highest BCUT2D eigenvalue weighted by molar-refractivity contribution is 5.92. The van der Waals surface area contributed by atoms with Gasteiger partial charge in [-0.25, -0.2) is 4.98 Å². The smallest absolute Gasteiger partial charge is 0.272 e. The van der Waals surface area contributed by atoms with Crippen molar-refractivity contribution in [2.24, 2.45) is 0 Å². The highest BCUT2D eigenvalue weighted by Gasteiger charge is 2.30. The molecular formula is C15H23N3O2.